The number of aryl methyl sites for hydroxylation is 2. The highest BCUT2D eigenvalue weighted by molar-refractivity contribution is 9.11. The second-order valence-electron chi connectivity index (χ2n) is 9.34. The normalized spacial score (nSPS) is 15.2. The minimum atomic E-state index is -0.250. The van der Waals surface area contributed by atoms with E-state index in [4.69, 9.17) is 56.1 Å². The number of nitrogens with zero attached hydrogens (tertiary/aromatic N) is 2. The van der Waals surface area contributed by atoms with Crippen molar-refractivity contribution in [3.8, 4) is 5.75 Å². The van der Waals surface area contributed by atoms with E-state index < -0.39 is 0 Å². The third kappa shape index (κ3) is 7.05. The van der Waals surface area contributed by atoms with Crippen LogP contribution in [0.1, 0.15) is 22.3 Å². The predicted molar refractivity (Wildman–Crippen MR) is 185 cm³/mol. The van der Waals surface area contributed by atoms with Crippen molar-refractivity contribution in [3.63, 3.8) is 0 Å². The van der Waals surface area contributed by atoms with Gasteiger partial charge in [-0.2, -0.15) is 0 Å². The first-order valence-corrected chi connectivity index (χ1v) is 16.3. The van der Waals surface area contributed by atoms with Crippen LogP contribution < -0.4 is 9.64 Å². The smallest absolute Gasteiger partial charge is 0.271 e. The minimum Gasteiger partial charge on any atom is -0.487 e. The number of amidine groups is 1. The summed E-state index contributed by atoms with van der Waals surface area (Å²) in [7, 11) is 0. The number of benzene rings is 4. The van der Waals surface area contributed by atoms with Gasteiger partial charge < -0.3 is 4.74 Å². The van der Waals surface area contributed by atoms with E-state index in [0.717, 1.165) is 21.2 Å². The molecule has 0 atom stereocenters. The predicted octanol–water partition coefficient (Wildman–Crippen LogP) is 11.8. The molecule has 5 rings (SSSR count). The van der Waals surface area contributed by atoms with Crippen LogP contribution >= 0.6 is 90.0 Å². The fourth-order valence-electron chi connectivity index (χ4n) is 4.03. The minimum absolute atomic E-state index is 0.197. The van der Waals surface area contributed by atoms with E-state index in [9.17, 15) is 4.79 Å². The second-order valence-corrected chi connectivity index (χ2v) is 13.8. The Hall–Kier alpha value is -1.97. The standard InChI is InChI=1S/C31H20Br2Cl4N2O2S/c1-16-3-7-22(13-25(16)35)38-31-39(23-8-4-17(2)26(36)14-23)30(40)28(42-31)10-19-9-20(32)11-24(33)29(19)41-15-18-5-6-21(34)12-27(18)37/h3-14H,15H2,1-2H3/b28-10+,38-31?. The first-order chi connectivity index (χ1) is 20.0. The number of thioether (sulfide) groups is 1. The number of ether oxygens (including phenoxy) is 1. The number of amides is 1. The molecule has 42 heavy (non-hydrogen) atoms. The Bertz CT molecular complexity index is 1800. The first-order valence-electron chi connectivity index (χ1n) is 12.4. The van der Waals surface area contributed by atoms with E-state index in [0.29, 0.717) is 57.3 Å². The molecule has 1 aliphatic rings. The van der Waals surface area contributed by atoms with Gasteiger partial charge in [0.15, 0.2) is 5.17 Å². The highest BCUT2D eigenvalue weighted by atomic mass is 79.9. The van der Waals surface area contributed by atoms with E-state index in [-0.39, 0.29) is 12.5 Å². The van der Waals surface area contributed by atoms with Crippen LogP contribution in [-0.4, -0.2) is 11.1 Å². The molecule has 0 saturated carbocycles. The molecular formula is C31H20Br2Cl4N2O2S. The Morgan fingerprint density at radius 3 is 2.29 bits per heavy atom. The van der Waals surface area contributed by atoms with Crippen molar-refractivity contribution in [1.82, 2.24) is 0 Å². The molecule has 0 unspecified atom stereocenters. The molecule has 0 bridgehead atoms. The lowest BCUT2D eigenvalue weighted by molar-refractivity contribution is -0.113. The summed E-state index contributed by atoms with van der Waals surface area (Å²) in [6, 6.07) is 20.0. The van der Waals surface area contributed by atoms with Gasteiger partial charge in [-0.05, 0) is 107 Å². The zero-order valence-electron chi connectivity index (χ0n) is 22.0. The first kappa shape index (κ1) is 31.5. The van der Waals surface area contributed by atoms with Crippen molar-refractivity contribution in [3.05, 3.63) is 123 Å². The maximum atomic E-state index is 14.0. The largest absolute Gasteiger partial charge is 0.487 e. The quantitative estimate of drug-likeness (QED) is 0.183. The molecule has 1 amide bonds. The Labute approximate surface area is 284 Å². The number of carbonyl (C=O) groups excluding carboxylic acids is 1. The molecule has 0 aliphatic carbocycles. The van der Waals surface area contributed by atoms with Crippen LogP contribution in [0.5, 0.6) is 5.75 Å². The topological polar surface area (TPSA) is 41.9 Å². The van der Waals surface area contributed by atoms with E-state index in [2.05, 4.69) is 31.9 Å². The third-order valence-corrected chi connectivity index (χ3v) is 9.73. The van der Waals surface area contributed by atoms with E-state index in [1.807, 2.05) is 56.3 Å². The summed E-state index contributed by atoms with van der Waals surface area (Å²) in [6.07, 6.45) is 1.79. The molecule has 1 saturated heterocycles. The molecule has 1 fully saturated rings. The number of rotatable bonds is 6. The van der Waals surface area contributed by atoms with Gasteiger partial charge in [0.2, 0.25) is 0 Å². The molecular weight excluding hydrogens is 766 g/mol. The summed E-state index contributed by atoms with van der Waals surface area (Å²) >= 11 is 33.7. The van der Waals surface area contributed by atoms with Crippen LogP contribution in [0.15, 0.2) is 85.6 Å². The molecule has 0 aromatic heterocycles. The molecule has 4 nitrogen and oxygen atoms in total. The summed E-state index contributed by atoms with van der Waals surface area (Å²) in [6.45, 7) is 4.03. The summed E-state index contributed by atoms with van der Waals surface area (Å²) in [5.74, 6) is 0.297. The van der Waals surface area contributed by atoms with Crippen molar-refractivity contribution in [2.45, 2.75) is 20.5 Å². The number of carbonyl (C=O) groups is 1. The number of hydrogen-bond acceptors (Lipinski definition) is 4. The zero-order valence-corrected chi connectivity index (χ0v) is 29.0. The number of anilines is 1. The molecule has 0 N–H and O–H groups in total. The van der Waals surface area contributed by atoms with Gasteiger partial charge in [-0.25, -0.2) is 4.99 Å². The molecule has 0 spiro atoms. The van der Waals surface area contributed by atoms with Crippen LogP contribution in [0.2, 0.25) is 20.1 Å². The Morgan fingerprint density at radius 1 is 0.881 bits per heavy atom. The van der Waals surface area contributed by atoms with E-state index in [1.165, 1.54) is 11.8 Å². The van der Waals surface area contributed by atoms with Gasteiger partial charge in [-0.15, -0.1) is 0 Å². The van der Waals surface area contributed by atoms with Crippen molar-refractivity contribution < 1.29 is 9.53 Å². The summed E-state index contributed by atoms with van der Waals surface area (Å²) < 4.78 is 7.73. The zero-order chi connectivity index (χ0) is 30.1. The van der Waals surface area contributed by atoms with Crippen LogP contribution in [-0.2, 0) is 11.4 Å². The lowest BCUT2D eigenvalue weighted by Crippen LogP contribution is -2.28. The van der Waals surface area contributed by atoms with Crippen molar-refractivity contribution >= 4 is 119 Å². The molecule has 0 radical (unpaired) electrons. The van der Waals surface area contributed by atoms with Crippen molar-refractivity contribution in [1.29, 1.82) is 0 Å². The third-order valence-electron chi connectivity index (χ3n) is 6.31. The lowest BCUT2D eigenvalue weighted by Gasteiger charge is -2.17. The van der Waals surface area contributed by atoms with Gasteiger partial charge >= 0.3 is 0 Å². The van der Waals surface area contributed by atoms with Gasteiger partial charge in [-0.3, -0.25) is 9.69 Å². The van der Waals surface area contributed by atoms with Gasteiger partial charge in [0, 0.05) is 35.7 Å². The Morgan fingerprint density at radius 2 is 1.60 bits per heavy atom. The second kappa shape index (κ2) is 13.3. The summed E-state index contributed by atoms with van der Waals surface area (Å²) in [5, 5.41) is 2.65. The van der Waals surface area contributed by atoms with Crippen LogP contribution in [0.3, 0.4) is 0 Å². The summed E-state index contributed by atoms with van der Waals surface area (Å²) in [4.78, 5) is 20.8. The maximum Gasteiger partial charge on any atom is 0.271 e. The fourth-order valence-corrected chi connectivity index (χ4v) is 7.21. The molecule has 4 aromatic carbocycles. The molecule has 11 heteroatoms. The number of hydrogen-bond donors (Lipinski definition) is 0. The highest BCUT2D eigenvalue weighted by Crippen LogP contribution is 2.42. The Kier molecular flexibility index (Phi) is 10.00. The molecule has 4 aromatic rings. The Balaban J connectivity index is 1.56. The van der Waals surface area contributed by atoms with Gasteiger partial charge in [0.25, 0.3) is 5.91 Å². The van der Waals surface area contributed by atoms with Crippen molar-refractivity contribution in [2.75, 3.05) is 4.90 Å². The monoisotopic (exact) mass is 782 g/mol. The fraction of sp³-hybridized carbons (Fsp3) is 0.0968. The highest BCUT2D eigenvalue weighted by Gasteiger charge is 2.35. The van der Waals surface area contributed by atoms with Crippen molar-refractivity contribution in [2.24, 2.45) is 4.99 Å². The summed E-state index contributed by atoms with van der Waals surface area (Å²) in [5.41, 5.74) is 4.52. The SMILES string of the molecule is Cc1ccc(N=C2S/C(=C/c3cc(Br)cc(Br)c3OCc3ccc(Cl)cc3Cl)C(=O)N2c2ccc(C)c(Cl)c2)cc1Cl. The van der Waals surface area contributed by atoms with Crippen LogP contribution in [0.4, 0.5) is 11.4 Å². The van der Waals surface area contributed by atoms with Crippen LogP contribution in [0, 0.1) is 13.8 Å². The lowest BCUT2D eigenvalue weighted by atomic mass is 10.1. The van der Waals surface area contributed by atoms with Gasteiger partial charge in [0.1, 0.15) is 12.4 Å². The van der Waals surface area contributed by atoms with Crippen LogP contribution in [0.25, 0.3) is 6.08 Å². The number of aliphatic imine (C=N–C) groups is 1. The van der Waals surface area contributed by atoms with Gasteiger partial charge in [0.05, 0.1) is 20.8 Å². The molecule has 1 heterocycles. The van der Waals surface area contributed by atoms with Gasteiger partial charge in [-0.1, -0.05) is 80.5 Å². The van der Waals surface area contributed by atoms with E-state index in [1.54, 1.807) is 35.2 Å². The average molecular weight is 786 g/mol. The molecule has 1 aliphatic heterocycles. The van der Waals surface area contributed by atoms with E-state index >= 15 is 0 Å². The molecule has 214 valence electrons. The maximum absolute atomic E-state index is 14.0. The number of halogens is 6. The average Bonchev–Trinajstić information content (AvgIpc) is 3.22.